The van der Waals surface area contributed by atoms with E-state index in [0.717, 1.165) is 38.5 Å². The first-order valence-corrected chi connectivity index (χ1v) is 8.74. The number of hydrogen-bond donors (Lipinski definition) is 0. The molecule has 0 spiro atoms. The number of piperidine rings is 1. The Hall–Kier alpha value is 0.390. The van der Waals surface area contributed by atoms with Crippen molar-refractivity contribution in [1.29, 1.82) is 0 Å². The third-order valence-electron chi connectivity index (χ3n) is 4.07. The van der Waals surface area contributed by atoms with E-state index in [0.29, 0.717) is 16.5 Å². The van der Waals surface area contributed by atoms with Gasteiger partial charge in [-0.3, -0.25) is 0 Å². The SMILES string of the molecule is O=S(=O)(CC1CC1)N1C2CCC1CC(Br)C2. The van der Waals surface area contributed by atoms with E-state index < -0.39 is 10.0 Å². The summed E-state index contributed by atoms with van der Waals surface area (Å²) >= 11 is 3.64. The van der Waals surface area contributed by atoms with Crippen LogP contribution in [0.1, 0.15) is 38.5 Å². The fraction of sp³-hybridized carbons (Fsp3) is 1.00. The predicted octanol–water partition coefficient (Wildman–Crippen LogP) is 2.12. The van der Waals surface area contributed by atoms with Crippen molar-refractivity contribution in [2.75, 3.05) is 5.75 Å². The lowest BCUT2D eigenvalue weighted by atomic mass is 10.1. The number of hydrogen-bond acceptors (Lipinski definition) is 2. The number of alkyl halides is 1. The summed E-state index contributed by atoms with van der Waals surface area (Å²) in [4.78, 5) is 0.525. The molecule has 5 heteroatoms. The smallest absolute Gasteiger partial charge is 0.212 e. The second kappa shape index (κ2) is 3.95. The maximum Gasteiger partial charge on any atom is 0.214 e. The first kappa shape index (κ1) is 11.5. The molecule has 2 bridgehead atoms. The molecule has 16 heavy (non-hydrogen) atoms. The molecule has 0 radical (unpaired) electrons. The van der Waals surface area contributed by atoms with Gasteiger partial charge in [-0.1, -0.05) is 15.9 Å². The molecule has 1 saturated carbocycles. The molecule has 3 aliphatic rings. The van der Waals surface area contributed by atoms with Crippen molar-refractivity contribution >= 4 is 26.0 Å². The monoisotopic (exact) mass is 307 g/mol. The molecule has 92 valence electrons. The largest absolute Gasteiger partial charge is 0.214 e. The van der Waals surface area contributed by atoms with E-state index in [4.69, 9.17) is 0 Å². The number of sulfonamides is 1. The van der Waals surface area contributed by atoms with Crippen LogP contribution in [-0.2, 0) is 10.0 Å². The summed E-state index contributed by atoms with van der Waals surface area (Å²) in [5, 5.41) is 0. The molecular weight excluding hydrogens is 290 g/mol. The van der Waals surface area contributed by atoms with E-state index in [1.165, 1.54) is 0 Å². The van der Waals surface area contributed by atoms with E-state index in [1.54, 1.807) is 0 Å². The van der Waals surface area contributed by atoms with Gasteiger partial charge in [0.25, 0.3) is 0 Å². The molecule has 3 fully saturated rings. The number of nitrogens with zero attached hydrogens (tertiary/aromatic N) is 1. The minimum absolute atomic E-state index is 0.284. The molecule has 2 unspecified atom stereocenters. The van der Waals surface area contributed by atoms with Gasteiger partial charge in [-0.15, -0.1) is 0 Å². The molecule has 3 nitrogen and oxygen atoms in total. The Morgan fingerprint density at radius 1 is 1.06 bits per heavy atom. The highest BCUT2D eigenvalue weighted by Crippen LogP contribution is 2.42. The van der Waals surface area contributed by atoms with Gasteiger partial charge >= 0.3 is 0 Å². The van der Waals surface area contributed by atoms with Crippen LogP contribution in [0, 0.1) is 5.92 Å². The van der Waals surface area contributed by atoms with Gasteiger partial charge in [0, 0.05) is 16.9 Å². The maximum atomic E-state index is 12.3. The van der Waals surface area contributed by atoms with Gasteiger partial charge in [0.05, 0.1) is 5.75 Å². The van der Waals surface area contributed by atoms with Crippen molar-refractivity contribution in [3.05, 3.63) is 0 Å². The maximum absolute atomic E-state index is 12.3. The van der Waals surface area contributed by atoms with Gasteiger partial charge in [0.1, 0.15) is 0 Å². The Labute approximate surface area is 106 Å². The second-order valence-electron chi connectivity index (χ2n) is 5.51. The average molecular weight is 308 g/mol. The van der Waals surface area contributed by atoms with Gasteiger partial charge < -0.3 is 0 Å². The molecule has 3 rings (SSSR count). The molecule has 0 N–H and O–H groups in total. The summed E-state index contributed by atoms with van der Waals surface area (Å²) in [5.74, 6) is 0.874. The average Bonchev–Trinajstić information content (AvgIpc) is 2.91. The lowest BCUT2D eigenvalue weighted by molar-refractivity contribution is 0.254. The predicted molar refractivity (Wildman–Crippen MR) is 67.1 cm³/mol. The quantitative estimate of drug-likeness (QED) is 0.749. The Balaban J connectivity index is 1.79. The van der Waals surface area contributed by atoms with Gasteiger partial charge in [0.2, 0.25) is 10.0 Å². The van der Waals surface area contributed by atoms with Gasteiger partial charge in [-0.2, -0.15) is 4.31 Å². The minimum atomic E-state index is -2.97. The molecule has 0 aromatic carbocycles. The molecule has 0 aromatic heterocycles. The van der Waals surface area contributed by atoms with E-state index >= 15 is 0 Å². The lowest BCUT2D eigenvalue weighted by Crippen LogP contribution is -2.47. The molecule has 2 atom stereocenters. The number of halogens is 1. The van der Waals surface area contributed by atoms with Crippen LogP contribution in [0.5, 0.6) is 0 Å². The summed E-state index contributed by atoms with van der Waals surface area (Å²) in [6.07, 6.45) is 6.36. The third-order valence-corrected chi connectivity index (χ3v) is 6.95. The van der Waals surface area contributed by atoms with Crippen molar-refractivity contribution in [2.24, 2.45) is 5.92 Å². The van der Waals surface area contributed by atoms with Gasteiger partial charge in [0.15, 0.2) is 0 Å². The zero-order valence-corrected chi connectivity index (χ0v) is 11.7. The van der Waals surface area contributed by atoms with E-state index in [2.05, 4.69) is 15.9 Å². The Morgan fingerprint density at radius 3 is 2.12 bits per heavy atom. The number of rotatable bonds is 3. The first-order valence-electron chi connectivity index (χ1n) is 6.21. The van der Waals surface area contributed by atoms with Crippen LogP contribution in [0.4, 0.5) is 0 Å². The first-order chi connectivity index (χ1) is 7.56. The molecule has 2 aliphatic heterocycles. The summed E-state index contributed by atoms with van der Waals surface area (Å²) in [6.45, 7) is 0. The van der Waals surface area contributed by atoms with E-state index in [-0.39, 0.29) is 12.1 Å². The zero-order valence-electron chi connectivity index (χ0n) is 9.31. The molecule has 0 amide bonds. The molecule has 0 aromatic rings. The van der Waals surface area contributed by atoms with Crippen molar-refractivity contribution in [1.82, 2.24) is 4.31 Å². The zero-order chi connectivity index (χ0) is 11.3. The Bertz CT molecular complexity index is 365. The van der Waals surface area contributed by atoms with Crippen LogP contribution >= 0.6 is 15.9 Å². The normalized spacial score (nSPS) is 40.2. The van der Waals surface area contributed by atoms with Crippen molar-refractivity contribution in [3.8, 4) is 0 Å². The van der Waals surface area contributed by atoms with E-state index in [9.17, 15) is 8.42 Å². The molecule has 1 aliphatic carbocycles. The van der Waals surface area contributed by atoms with Crippen LogP contribution in [0.2, 0.25) is 0 Å². The Kier molecular flexibility index (Phi) is 2.84. The fourth-order valence-electron chi connectivity index (χ4n) is 3.19. The van der Waals surface area contributed by atoms with E-state index in [1.807, 2.05) is 4.31 Å². The van der Waals surface area contributed by atoms with Crippen molar-refractivity contribution in [3.63, 3.8) is 0 Å². The summed E-state index contributed by atoms with van der Waals surface area (Å²) in [6, 6.07) is 0.568. The standard InChI is InChI=1S/C11H18BrNO2S/c12-9-5-10-3-4-11(6-9)13(10)16(14,15)7-8-1-2-8/h8-11H,1-7H2. The fourth-order valence-corrected chi connectivity index (χ4v) is 6.45. The van der Waals surface area contributed by atoms with Crippen LogP contribution in [0.25, 0.3) is 0 Å². The summed E-state index contributed by atoms with van der Waals surface area (Å²) in [5.41, 5.74) is 0. The minimum Gasteiger partial charge on any atom is -0.212 e. The third kappa shape index (κ3) is 2.06. The number of fused-ring (bicyclic) bond motifs is 2. The Morgan fingerprint density at radius 2 is 1.62 bits per heavy atom. The molecule has 2 saturated heterocycles. The van der Waals surface area contributed by atoms with Gasteiger partial charge in [-0.25, -0.2) is 8.42 Å². The lowest BCUT2D eigenvalue weighted by Gasteiger charge is -2.36. The highest BCUT2D eigenvalue weighted by molar-refractivity contribution is 9.09. The molecular formula is C11H18BrNO2S. The van der Waals surface area contributed by atoms with Crippen molar-refractivity contribution in [2.45, 2.75) is 55.4 Å². The highest BCUT2D eigenvalue weighted by atomic mass is 79.9. The molecule has 2 heterocycles. The second-order valence-corrected chi connectivity index (χ2v) is 8.72. The van der Waals surface area contributed by atoms with Crippen LogP contribution in [0.15, 0.2) is 0 Å². The topological polar surface area (TPSA) is 37.4 Å². The van der Waals surface area contributed by atoms with Crippen LogP contribution < -0.4 is 0 Å². The van der Waals surface area contributed by atoms with Gasteiger partial charge in [-0.05, 0) is 44.4 Å². The van der Waals surface area contributed by atoms with Crippen LogP contribution in [-0.4, -0.2) is 35.4 Å². The van der Waals surface area contributed by atoms with Crippen LogP contribution in [0.3, 0.4) is 0 Å². The van der Waals surface area contributed by atoms with Crippen molar-refractivity contribution < 1.29 is 8.42 Å². The summed E-state index contributed by atoms with van der Waals surface area (Å²) in [7, 11) is -2.97. The summed E-state index contributed by atoms with van der Waals surface area (Å²) < 4.78 is 26.5. The highest BCUT2D eigenvalue weighted by Gasteiger charge is 2.47.